The van der Waals surface area contributed by atoms with Crippen molar-refractivity contribution in [1.29, 1.82) is 0 Å². The van der Waals surface area contributed by atoms with E-state index in [1.807, 2.05) is 0 Å². The summed E-state index contributed by atoms with van der Waals surface area (Å²) in [6, 6.07) is 1.57. The van der Waals surface area contributed by atoms with E-state index in [1.165, 1.54) is 25.1 Å². The largest absolute Gasteiger partial charge is 0.445 e. The molecule has 34 heavy (non-hydrogen) atoms. The SMILES string of the molecule is C=CCOC(=O)N[C@H](C(=O)N[C@@H](C)C(=O)Nc1cc(NC(=O)OC(C)(C)C)ccc1F)C(C)C. The molecule has 4 N–H and O–H groups in total. The predicted octanol–water partition coefficient (Wildman–Crippen LogP) is 3.55. The molecule has 1 rings (SSSR count). The fourth-order valence-electron chi connectivity index (χ4n) is 2.57. The summed E-state index contributed by atoms with van der Waals surface area (Å²) in [6.45, 7) is 13.3. The number of benzene rings is 1. The normalized spacial score (nSPS) is 12.7. The molecule has 0 aromatic heterocycles. The molecule has 4 amide bonds. The highest BCUT2D eigenvalue weighted by molar-refractivity contribution is 5.98. The summed E-state index contributed by atoms with van der Waals surface area (Å²) >= 11 is 0. The van der Waals surface area contributed by atoms with E-state index in [2.05, 4.69) is 27.8 Å². The number of halogens is 1. The monoisotopic (exact) mass is 480 g/mol. The van der Waals surface area contributed by atoms with Gasteiger partial charge in [0, 0.05) is 5.69 Å². The fraction of sp³-hybridized carbons (Fsp3) is 0.478. The van der Waals surface area contributed by atoms with Crippen LogP contribution in [0.3, 0.4) is 0 Å². The van der Waals surface area contributed by atoms with Gasteiger partial charge in [0.15, 0.2) is 0 Å². The standard InChI is InChI=1S/C23H33FN4O6/c1-8-11-33-21(31)28-18(13(2)3)20(30)25-14(4)19(29)27-17-12-15(9-10-16(17)24)26-22(32)34-23(5,6)7/h8-10,12-14,18H,1,11H2,2-7H3,(H,25,30)(H,26,32)(H,27,29)(H,28,31)/t14-,18-/m0/s1. The molecule has 188 valence electrons. The van der Waals surface area contributed by atoms with Gasteiger partial charge in [0.1, 0.15) is 30.1 Å². The quantitative estimate of drug-likeness (QED) is 0.399. The minimum Gasteiger partial charge on any atom is -0.445 e. The molecule has 0 heterocycles. The minimum absolute atomic E-state index is 0.0233. The summed E-state index contributed by atoms with van der Waals surface area (Å²) in [4.78, 5) is 48.9. The van der Waals surface area contributed by atoms with Crippen LogP contribution < -0.4 is 21.3 Å². The number of hydrogen-bond donors (Lipinski definition) is 4. The molecular formula is C23H33FN4O6. The fourth-order valence-corrected chi connectivity index (χ4v) is 2.57. The lowest BCUT2D eigenvalue weighted by Gasteiger charge is -2.23. The predicted molar refractivity (Wildman–Crippen MR) is 126 cm³/mol. The average Bonchev–Trinajstić information content (AvgIpc) is 2.70. The third-order valence-electron chi connectivity index (χ3n) is 4.18. The molecule has 0 saturated carbocycles. The van der Waals surface area contributed by atoms with Crippen LogP contribution in [0.25, 0.3) is 0 Å². The van der Waals surface area contributed by atoms with Crippen molar-refractivity contribution in [3.63, 3.8) is 0 Å². The molecule has 2 atom stereocenters. The Hall–Kier alpha value is -3.63. The van der Waals surface area contributed by atoms with Gasteiger partial charge in [-0.05, 0) is 51.8 Å². The lowest BCUT2D eigenvalue weighted by atomic mass is 10.0. The van der Waals surface area contributed by atoms with Crippen LogP contribution in [-0.4, -0.2) is 48.3 Å². The van der Waals surface area contributed by atoms with E-state index in [0.717, 1.165) is 6.07 Å². The first-order valence-electron chi connectivity index (χ1n) is 10.7. The van der Waals surface area contributed by atoms with Crippen molar-refractivity contribution in [2.45, 2.75) is 59.2 Å². The molecule has 0 aliphatic heterocycles. The molecule has 0 aliphatic rings. The lowest BCUT2D eigenvalue weighted by Crippen LogP contribution is -2.53. The zero-order valence-electron chi connectivity index (χ0n) is 20.3. The van der Waals surface area contributed by atoms with Crippen molar-refractivity contribution in [2.24, 2.45) is 5.92 Å². The van der Waals surface area contributed by atoms with Gasteiger partial charge in [-0.15, -0.1) is 0 Å². The Morgan fingerprint density at radius 1 is 1.03 bits per heavy atom. The van der Waals surface area contributed by atoms with Crippen LogP contribution in [0.15, 0.2) is 30.9 Å². The third-order valence-corrected chi connectivity index (χ3v) is 4.18. The van der Waals surface area contributed by atoms with Crippen LogP contribution in [-0.2, 0) is 19.1 Å². The first kappa shape index (κ1) is 28.4. The van der Waals surface area contributed by atoms with Crippen molar-refractivity contribution in [1.82, 2.24) is 10.6 Å². The van der Waals surface area contributed by atoms with Crippen LogP contribution in [0.5, 0.6) is 0 Å². The first-order valence-corrected chi connectivity index (χ1v) is 10.7. The Morgan fingerprint density at radius 3 is 2.24 bits per heavy atom. The van der Waals surface area contributed by atoms with Gasteiger partial charge in [-0.3, -0.25) is 14.9 Å². The molecule has 11 heteroatoms. The Labute approximate surface area is 198 Å². The van der Waals surface area contributed by atoms with Crippen LogP contribution >= 0.6 is 0 Å². The molecule has 0 unspecified atom stereocenters. The van der Waals surface area contributed by atoms with Crippen LogP contribution in [0.1, 0.15) is 41.5 Å². The highest BCUT2D eigenvalue weighted by atomic mass is 19.1. The number of hydrogen-bond acceptors (Lipinski definition) is 6. The average molecular weight is 481 g/mol. The number of anilines is 2. The highest BCUT2D eigenvalue weighted by Crippen LogP contribution is 2.21. The maximum Gasteiger partial charge on any atom is 0.412 e. The summed E-state index contributed by atoms with van der Waals surface area (Å²) in [5.74, 6) is -2.37. The zero-order valence-corrected chi connectivity index (χ0v) is 20.3. The van der Waals surface area contributed by atoms with E-state index in [-0.39, 0.29) is 23.9 Å². The van der Waals surface area contributed by atoms with Crippen molar-refractivity contribution < 1.29 is 33.0 Å². The van der Waals surface area contributed by atoms with Crippen molar-refractivity contribution in [3.05, 3.63) is 36.7 Å². The second-order valence-corrected chi connectivity index (χ2v) is 8.79. The maximum absolute atomic E-state index is 14.2. The molecule has 1 aromatic rings. The number of rotatable bonds is 9. The number of carbonyl (C=O) groups is 4. The van der Waals surface area contributed by atoms with Gasteiger partial charge >= 0.3 is 12.2 Å². The zero-order chi connectivity index (χ0) is 26.1. The van der Waals surface area contributed by atoms with Gasteiger partial charge in [-0.1, -0.05) is 26.5 Å². The summed E-state index contributed by atoms with van der Waals surface area (Å²) < 4.78 is 24.2. The van der Waals surface area contributed by atoms with Crippen LogP contribution in [0, 0.1) is 11.7 Å². The number of ether oxygens (including phenoxy) is 2. The van der Waals surface area contributed by atoms with E-state index >= 15 is 0 Å². The maximum atomic E-state index is 14.2. The molecule has 0 radical (unpaired) electrons. The Morgan fingerprint density at radius 2 is 1.68 bits per heavy atom. The van der Waals surface area contributed by atoms with Gasteiger partial charge in [-0.2, -0.15) is 0 Å². The third kappa shape index (κ3) is 9.88. The van der Waals surface area contributed by atoms with Crippen molar-refractivity contribution >= 4 is 35.4 Å². The second-order valence-electron chi connectivity index (χ2n) is 8.79. The molecule has 1 aromatic carbocycles. The van der Waals surface area contributed by atoms with Crippen molar-refractivity contribution in [3.8, 4) is 0 Å². The molecule has 0 aliphatic carbocycles. The van der Waals surface area contributed by atoms with E-state index in [1.54, 1.807) is 34.6 Å². The number of carbonyl (C=O) groups excluding carboxylic acids is 4. The van der Waals surface area contributed by atoms with E-state index in [0.29, 0.717) is 0 Å². The lowest BCUT2D eigenvalue weighted by molar-refractivity contribution is -0.128. The molecule has 0 spiro atoms. The Kier molecular flexibility index (Phi) is 10.5. The smallest absolute Gasteiger partial charge is 0.412 e. The summed E-state index contributed by atoms with van der Waals surface area (Å²) in [6.07, 6.45) is -0.161. The van der Waals surface area contributed by atoms with Gasteiger partial charge in [0.2, 0.25) is 11.8 Å². The topological polar surface area (TPSA) is 135 Å². The van der Waals surface area contributed by atoms with Gasteiger partial charge in [0.25, 0.3) is 0 Å². The highest BCUT2D eigenvalue weighted by Gasteiger charge is 2.27. The Balaban J connectivity index is 2.81. The molecule has 10 nitrogen and oxygen atoms in total. The molecule has 0 bridgehead atoms. The number of amides is 4. The molecule has 0 saturated heterocycles. The Bertz CT molecular complexity index is 913. The van der Waals surface area contributed by atoms with E-state index in [4.69, 9.17) is 9.47 Å². The van der Waals surface area contributed by atoms with Crippen molar-refractivity contribution in [2.75, 3.05) is 17.2 Å². The summed E-state index contributed by atoms with van der Waals surface area (Å²) in [5, 5.41) is 9.74. The molecular weight excluding hydrogens is 447 g/mol. The summed E-state index contributed by atoms with van der Waals surface area (Å²) in [7, 11) is 0. The second kappa shape index (κ2) is 12.6. The van der Waals surface area contributed by atoms with Gasteiger partial charge in [-0.25, -0.2) is 14.0 Å². The first-order chi connectivity index (χ1) is 15.7. The van der Waals surface area contributed by atoms with Gasteiger partial charge < -0.3 is 25.4 Å². The van der Waals surface area contributed by atoms with E-state index in [9.17, 15) is 23.6 Å². The van der Waals surface area contributed by atoms with Gasteiger partial charge in [0.05, 0.1) is 5.69 Å². The van der Waals surface area contributed by atoms with Crippen LogP contribution in [0.4, 0.5) is 25.4 Å². The number of alkyl carbamates (subject to hydrolysis) is 1. The summed E-state index contributed by atoms with van der Waals surface area (Å²) in [5.41, 5.74) is -0.726. The van der Waals surface area contributed by atoms with E-state index < -0.39 is 47.5 Å². The van der Waals surface area contributed by atoms with Crippen LogP contribution in [0.2, 0.25) is 0 Å². The molecule has 0 fully saturated rings. The number of nitrogens with one attached hydrogen (secondary N) is 4. The minimum atomic E-state index is -1.07.